The zero-order valence-corrected chi connectivity index (χ0v) is 14.9. The maximum Gasteiger partial charge on any atom is 0.374 e. The maximum atomic E-state index is 12.2. The van der Waals surface area contributed by atoms with E-state index in [0.717, 1.165) is 16.1 Å². The van der Waals surface area contributed by atoms with Crippen molar-refractivity contribution in [2.75, 3.05) is 20.3 Å². The van der Waals surface area contributed by atoms with Gasteiger partial charge in [-0.15, -0.1) is 10.2 Å². The second-order valence-corrected chi connectivity index (χ2v) is 6.16. The predicted octanol–water partition coefficient (Wildman–Crippen LogP) is 3.14. The van der Waals surface area contributed by atoms with Gasteiger partial charge in [0.1, 0.15) is 11.9 Å². The molecule has 0 aliphatic carbocycles. The van der Waals surface area contributed by atoms with Crippen molar-refractivity contribution < 1.29 is 18.7 Å². The van der Waals surface area contributed by atoms with Crippen molar-refractivity contribution in [2.24, 2.45) is 0 Å². The Morgan fingerprint density at radius 2 is 2.20 bits per heavy atom. The van der Waals surface area contributed by atoms with Crippen molar-refractivity contribution in [3.8, 4) is 0 Å². The standard InChI is InChI=1S/C17H19N3O4S/c1-3-23-16(21)15-13(12-6-4-5-7-14(12)24-15)10-25-17-19-18-11-20(17)8-9-22-2/h4-7,11H,3,8-10H2,1-2H3. The van der Waals surface area contributed by atoms with Crippen LogP contribution in [0.1, 0.15) is 23.0 Å². The molecule has 2 aromatic heterocycles. The summed E-state index contributed by atoms with van der Waals surface area (Å²) in [5.74, 6) is 0.324. The van der Waals surface area contributed by atoms with Crippen LogP contribution in [0.4, 0.5) is 0 Å². The lowest BCUT2D eigenvalue weighted by Gasteiger charge is -2.06. The number of ether oxygens (including phenoxy) is 2. The number of furan rings is 1. The molecule has 0 radical (unpaired) electrons. The van der Waals surface area contributed by atoms with Crippen LogP contribution in [0.25, 0.3) is 11.0 Å². The number of rotatable bonds is 8. The molecule has 0 saturated carbocycles. The molecule has 3 rings (SSSR count). The number of hydrogen-bond acceptors (Lipinski definition) is 7. The Morgan fingerprint density at radius 3 is 3.00 bits per heavy atom. The Morgan fingerprint density at radius 1 is 1.36 bits per heavy atom. The molecule has 0 N–H and O–H groups in total. The molecule has 0 unspecified atom stereocenters. The first-order chi connectivity index (χ1) is 12.2. The SMILES string of the molecule is CCOC(=O)c1oc2ccccc2c1CSc1nncn1CCOC. The van der Waals surface area contributed by atoms with Gasteiger partial charge < -0.3 is 18.5 Å². The minimum Gasteiger partial charge on any atom is -0.460 e. The highest BCUT2D eigenvalue weighted by Gasteiger charge is 2.22. The molecule has 0 aliphatic heterocycles. The number of aromatic nitrogens is 3. The number of benzene rings is 1. The van der Waals surface area contributed by atoms with Crippen LogP contribution in [0.15, 0.2) is 40.2 Å². The summed E-state index contributed by atoms with van der Waals surface area (Å²) in [6, 6.07) is 7.57. The summed E-state index contributed by atoms with van der Waals surface area (Å²) in [6.07, 6.45) is 1.67. The molecular weight excluding hydrogens is 342 g/mol. The van der Waals surface area contributed by atoms with E-state index < -0.39 is 5.97 Å². The molecule has 0 bridgehead atoms. The third-order valence-corrected chi connectivity index (χ3v) is 4.63. The number of carbonyl (C=O) groups is 1. The van der Waals surface area contributed by atoms with Crippen LogP contribution in [0.3, 0.4) is 0 Å². The molecule has 0 fully saturated rings. The average molecular weight is 361 g/mol. The number of para-hydroxylation sites is 1. The molecule has 0 saturated heterocycles. The van der Waals surface area contributed by atoms with E-state index >= 15 is 0 Å². The quantitative estimate of drug-likeness (QED) is 0.450. The molecular formula is C17H19N3O4S. The Hall–Kier alpha value is -2.32. The number of esters is 1. The molecule has 3 aromatic rings. The molecule has 8 heteroatoms. The van der Waals surface area contributed by atoms with Crippen molar-refractivity contribution in [3.63, 3.8) is 0 Å². The Kier molecular flexibility index (Phi) is 5.72. The van der Waals surface area contributed by atoms with E-state index in [1.807, 2.05) is 28.8 Å². The van der Waals surface area contributed by atoms with Crippen molar-refractivity contribution in [2.45, 2.75) is 24.4 Å². The summed E-state index contributed by atoms with van der Waals surface area (Å²) in [6.45, 7) is 3.32. The van der Waals surface area contributed by atoms with Crippen LogP contribution < -0.4 is 0 Å². The summed E-state index contributed by atoms with van der Waals surface area (Å²) < 4.78 is 17.9. The van der Waals surface area contributed by atoms with E-state index in [-0.39, 0.29) is 5.76 Å². The molecule has 132 valence electrons. The predicted molar refractivity (Wildman–Crippen MR) is 93.6 cm³/mol. The number of hydrogen-bond donors (Lipinski definition) is 0. The minimum absolute atomic E-state index is 0.249. The van der Waals surface area contributed by atoms with Crippen LogP contribution in [0, 0.1) is 0 Å². The first kappa shape index (κ1) is 17.5. The van der Waals surface area contributed by atoms with E-state index in [0.29, 0.717) is 31.1 Å². The zero-order chi connectivity index (χ0) is 17.6. The maximum absolute atomic E-state index is 12.2. The summed E-state index contributed by atoms with van der Waals surface area (Å²) in [4.78, 5) is 12.2. The zero-order valence-electron chi connectivity index (χ0n) is 14.1. The highest BCUT2D eigenvalue weighted by molar-refractivity contribution is 7.98. The molecule has 0 aliphatic rings. The van der Waals surface area contributed by atoms with E-state index in [4.69, 9.17) is 13.9 Å². The highest BCUT2D eigenvalue weighted by Crippen LogP contribution is 2.31. The first-order valence-electron chi connectivity index (χ1n) is 7.91. The van der Waals surface area contributed by atoms with Gasteiger partial charge in [0.25, 0.3) is 0 Å². The molecule has 1 aromatic carbocycles. The number of fused-ring (bicyclic) bond motifs is 1. The topological polar surface area (TPSA) is 79.4 Å². The van der Waals surface area contributed by atoms with Gasteiger partial charge in [0, 0.05) is 30.4 Å². The van der Waals surface area contributed by atoms with Gasteiger partial charge in [-0.25, -0.2) is 4.79 Å². The Balaban J connectivity index is 1.86. The first-order valence-corrected chi connectivity index (χ1v) is 8.90. The Labute approximate surface area is 149 Å². The van der Waals surface area contributed by atoms with Crippen molar-refractivity contribution in [3.05, 3.63) is 41.9 Å². The normalized spacial score (nSPS) is 11.1. The van der Waals surface area contributed by atoms with Gasteiger partial charge in [0.15, 0.2) is 5.16 Å². The van der Waals surface area contributed by atoms with E-state index in [9.17, 15) is 4.79 Å². The summed E-state index contributed by atoms with van der Waals surface area (Å²) >= 11 is 1.49. The summed E-state index contributed by atoms with van der Waals surface area (Å²) in [5, 5.41) is 9.74. The second-order valence-electron chi connectivity index (χ2n) is 5.21. The summed E-state index contributed by atoms with van der Waals surface area (Å²) in [7, 11) is 1.65. The monoisotopic (exact) mass is 361 g/mol. The lowest BCUT2D eigenvalue weighted by molar-refractivity contribution is 0.0491. The minimum atomic E-state index is -0.449. The Bertz CT molecular complexity index is 859. The van der Waals surface area contributed by atoms with Gasteiger partial charge in [-0.1, -0.05) is 30.0 Å². The molecule has 0 spiro atoms. The number of nitrogens with zero attached hydrogens (tertiary/aromatic N) is 3. The average Bonchev–Trinajstić information content (AvgIpc) is 3.22. The third kappa shape index (κ3) is 3.85. The van der Waals surface area contributed by atoms with E-state index in [1.165, 1.54) is 11.8 Å². The van der Waals surface area contributed by atoms with Gasteiger partial charge in [-0.3, -0.25) is 0 Å². The van der Waals surface area contributed by atoms with Crippen LogP contribution in [-0.4, -0.2) is 41.1 Å². The summed E-state index contributed by atoms with van der Waals surface area (Å²) in [5.41, 5.74) is 1.47. The van der Waals surface area contributed by atoms with Gasteiger partial charge in [-0.2, -0.15) is 0 Å². The van der Waals surface area contributed by atoms with Crippen molar-refractivity contribution in [1.29, 1.82) is 0 Å². The fourth-order valence-electron chi connectivity index (χ4n) is 2.44. The van der Waals surface area contributed by atoms with Gasteiger partial charge in [0.2, 0.25) is 5.76 Å². The molecule has 2 heterocycles. The van der Waals surface area contributed by atoms with Crippen LogP contribution in [0.5, 0.6) is 0 Å². The molecule has 25 heavy (non-hydrogen) atoms. The van der Waals surface area contributed by atoms with E-state index in [1.54, 1.807) is 20.4 Å². The molecule has 7 nitrogen and oxygen atoms in total. The van der Waals surface area contributed by atoms with E-state index in [2.05, 4.69) is 10.2 Å². The molecule has 0 amide bonds. The molecule has 0 atom stereocenters. The largest absolute Gasteiger partial charge is 0.460 e. The second kappa shape index (κ2) is 8.17. The van der Waals surface area contributed by atoms with Crippen molar-refractivity contribution in [1.82, 2.24) is 14.8 Å². The lowest BCUT2D eigenvalue weighted by atomic mass is 10.1. The number of thioether (sulfide) groups is 1. The van der Waals surface area contributed by atoms with Gasteiger partial charge in [0.05, 0.1) is 13.2 Å². The fourth-order valence-corrected chi connectivity index (χ4v) is 3.41. The lowest BCUT2D eigenvalue weighted by Crippen LogP contribution is -2.06. The van der Waals surface area contributed by atoms with Gasteiger partial charge >= 0.3 is 5.97 Å². The third-order valence-electron chi connectivity index (χ3n) is 3.62. The number of carbonyl (C=O) groups excluding carboxylic acids is 1. The smallest absolute Gasteiger partial charge is 0.374 e. The van der Waals surface area contributed by atoms with Crippen molar-refractivity contribution >= 4 is 28.7 Å². The van der Waals surface area contributed by atoms with Crippen LogP contribution in [0.2, 0.25) is 0 Å². The fraction of sp³-hybridized carbons (Fsp3) is 0.353. The number of methoxy groups -OCH3 is 1. The van der Waals surface area contributed by atoms with Gasteiger partial charge in [-0.05, 0) is 13.0 Å². The van der Waals surface area contributed by atoms with Crippen LogP contribution in [-0.2, 0) is 21.8 Å². The van der Waals surface area contributed by atoms with Crippen LogP contribution >= 0.6 is 11.8 Å². The highest BCUT2D eigenvalue weighted by atomic mass is 32.2.